The monoisotopic (exact) mass is 207 g/mol. The minimum atomic E-state index is 0.235. The van der Waals surface area contributed by atoms with Crippen LogP contribution < -0.4 is 0 Å². The van der Waals surface area contributed by atoms with Crippen LogP contribution in [0.2, 0.25) is 0 Å². The van der Waals surface area contributed by atoms with E-state index in [4.69, 9.17) is 0 Å². The molecular formula is C14H25N. The van der Waals surface area contributed by atoms with Crippen LogP contribution in [0.1, 0.15) is 58.4 Å². The Bertz CT molecular complexity index is 295. The first kappa shape index (κ1) is 14.2. The largest absolute Gasteiger partial charge is 0.261 e. The summed E-state index contributed by atoms with van der Waals surface area (Å²) < 4.78 is 0. The van der Waals surface area contributed by atoms with E-state index in [2.05, 4.69) is 45.7 Å². The summed E-state index contributed by atoms with van der Waals surface area (Å²) in [5.41, 5.74) is 4.15. The lowest BCUT2D eigenvalue weighted by Crippen LogP contribution is -2.14. The molecule has 0 fully saturated rings. The van der Waals surface area contributed by atoms with Crippen molar-refractivity contribution in [1.82, 2.24) is 4.98 Å². The van der Waals surface area contributed by atoms with Crippen molar-refractivity contribution in [2.24, 2.45) is 0 Å². The average molecular weight is 207 g/mol. The maximum atomic E-state index is 4.32. The normalized spacial score (nSPS) is 10.6. The van der Waals surface area contributed by atoms with Gasteiger partial charge in [0.2, 0.25) is 0 Å². The van der Waals surface area contributed by atoms with Crippen molar-refractivity contribution in [2.75, 3.05) is 0 Å². The van der Waals surface area contributed by atoms with E-state index in [1.54, 1.807) is 0 Å². The molecule has 1 aromatic rings. The number of aromatic nitrogens is 1. The van der Waals surface area contributed by atoms with Gasteiger partial charge in [-0.3, -0.25) is 4.98 Å². The fraction of sp³-hybridized carbons (Fsp3) is 0.643. The minimum Gasteiger partial charge on any atom is -0.261 e. The minimum absolute atomic E-state index is 0.235. The molecule has 0 unspecified atom stereocenters. The highest BCUT2D eigenvalue weighted by Crippen LogP contribution is 2.26. The molecule has 0 saturated heterocycles. The molecule has 0 amide bonds. The fourth-order valence-corrected chi connectivity index (χ4v) is 1.57. The van der Waals surface area contributed by atoms with Gasteiger partial charge in [0.25, 0.3) is 0 Å². The van der Waals surface area contributed by atoms with Crippen LogP contribution in [0.25, 0.3) is 0 Å². The summed E-state index contributed by atoms with van der Waals surface area (Å²) in [7, 11) is 0. The summed E-state index contributed by atoms with van der Waals surface area (Å²) in [6.45, 7) is 15.0. The van der Waals surface area contributed by atoms with Gasteiger partial charge >= 0.3 is 0 Å². The Morgan fingerprint density at radius 3 is 2.13 bits per heavy atom. The van der Waals surface area contributed by atoms with Gasteiger partial charge in [-0.2, -0.15) is 0 Å². The second kappa shape index (κ2) is 5.89. The third-order valence-corrected chi connectivity index (χ3v) is 2.31. The second-order valence-corrected chi connectivity index (χ2v) is 4.59. The first-order valence-corrected chi connectivity index (χ1v) is 5.91. The number of aryl methyl sites for hydroxylation is 2. The summed E-state index contributed by atoms with van der Waals surface area (Å²) in [5, 5.41) is 0. The highest BCUT2D eigenvalue weighted by atomic mass is 14.7. The van der Waals surface area contributed by atoms with Crippen molar-refractivity contribution in [3.8, 4) is 0 Å². The quantitative estimate of drug-likeness (QED) is 0.670. The maximum absolute atomic E-state index is 4.32. The van der Waals surface area contributed by atoms with E-state index >= 15 is 0 Å². The van der Waals surface area contributed by atoms with Crippen LogP contribution in [0.3, 0.4) is 0 Å². The number of hydrogen-bond donors (Lipinski definition) is 0. The van der Waals surface area contributed by atoms with Gasteiger partial charge in [-0.15, -0.1) is 0 Å². The van der Waals surface area contributed by atoms with Crippen molar-refractivity contribution in [3.05, 3.63) is 29.1 Å². The van der Waals surface area contributed by atoms with Gasteiger partial charge in [0.1, 0.15) is 0 Å². The molecule has 0 aliphatic heterocycles. The van der Waals surface area contributed by atoms with Gasteiger partial charge in [0.05, 0.1) is 0 Å². The number of nitrogens with zero attached hydrogens (tertiary/aromatic N) is 1. The van der Waals surface area contributed by atoms with E-state index in [9.17, 15) is 0 Å². The van der Waals surface area contributed by atoms with E-state index in [0.717, 1.165) is 12.1 Å². The molecule has 0 bridgehead atoms. The lowest BCUT2D eigenvalue weighted by atomic mass is 9.83. The smallest absolute Gasteiger partial charge is 0.0375 e. The molecule has 0 atom stereocenters. The zero-order chi connectivity index (χ0) is 12.1. The van der Waals surface area contributed by atoms with Gasteiger partial charge in [0, 0.05) is 11.9 Å². The van der Waals surface area contributed by atoms with Gasteiger partial charge in [-0.05, 0) is 36.0 Å². The number of pyridine rings is 1. The summed E-state index contributed by atoms with van der Waals surface area (Å²) in [6, 6.07) is 2.21. The van der Waals surface area contributed by atoms with Crippen molar-refractivity contribution < 1.29 is 0 Å². The summed E-state index contributed by atoms with van der Waals surface area (Å²) in [6.07, 6.45) is 3.08. The fourth-order valence-electron chi connectivity index (χ4n) is 1.57. The van der Waals surface area contributed by atoms with Crippen LogP contribution in [0, 0.1) is 6.92 Å². The molecule has 0 aliphatic rings. The van der Waals surface area contributed by atoms with Gasteiger partial charge in [0.15, 0.2) is 0 Å². The standard InChI is InChI=1S/C12H19N.C2H6/c1-6-10-8-13-9(2)7-11(10)12(3,4)5;1-2/h7-8H,6H2,1-5H3;1-2H3. The molecule has 1 heteroatoms. The molecule has 1 heterocycles. The van der Waals surface area contributed by atoms with Crippen molar-refractivity contribution in [1.29, 1.82) is 0 Å². The Hall–Kier alpha value is -0.850. The third kappa shape index (κ3) is 4.03. The Balaban J connectivity index is 0.000000921. The first-order valence-electron chi connectivity index (χ1n) is 5.91. The Morgan fingerprint density at radius 1 is 1.20 bits per heavy atom. The summed E-state index contributed by atoms with van der Waals surface area (Å²) in [5.74, 6) is 0. The molecule has 0 radical (unpaired) electrons. The van der Waals surface area contributed by atoms with Gasteiger partial charge < -0.3 is 0 Å². The van der Waals surface area contributed by atoms with Crippen LogP contribution in [0.5, 0.6) is 0 Å². The molecule has 15 heavy (non-hydrogen) atoms. The van der Waals surface area contributed by atoms with E-state index < -0.39 is 0 Å². The van der Waals surface area contributed by atoms with E-state index in [0.29, 0.717) is 0 Å². The molecule has 86 valence electrons. The van der Waals surface area contributed by atoms with Crippen LogP contribution in [-0.4, -0.2) is 4.98 Å². The third-order valence-electron chi connectivity index (χ3n) is 2.31. The molecule has 1 rings (SSSR count). The topological polar surface area (TPSA) is 12.9 Å². The lowest BCUT2D eigenvalue weighted by molar-refractivity contribution is 0.581. The van der Waals surface area contributed by atoms with E-state index in [-0.39, 0.29) is 5.41 Å². The van der Waals surface area contributed by atoms with Crippen LogP contribution in [-0.2, 0) is 11.8 Å². The van der Waals surface area contributed by atoms with E-state index in [1.807, 2.05) is 20.0 Å². The SMILES string of the molecule is CC.CCc1cnc(C)cc1C(C)(C)C. The van der Waals surface area contributed by atoms with Crippen LogP contribution in [0.15, 0.2) is 12.3 Å². The number of rotatable bonds is 1. The van der Waals surface area contributed by atoms with Crippen molar-refractivity contribution in [3.63, 3.8) is 0 Å². The van der Waals surface area contributed by atoms with Gasteiger partial charge in [-0.1, -0.05) is 41.5 Å². The molecule has 0 aliphatic carbocycles. The maximum Gasteiger partial charge on any atom is 0.0375 e. The lowest BCUT2D eigenvalue weighted by Gasteiger charge is -2.22. The predicted molar refractivity (Wildman–Crippen MR) is 68.4 cm³/mol. The highest BCUT2D eigenvalue weighted by Gasteiger charge is 2.17. The Kier molecular flexibility index (Phi) is 5.56. The molecule has 0 saturated carbocycles. The molecule has 0 spiro atoms. The molecule has 0 N–H and O–H groups in total. The average Bonchev–Trinajstić information content (AvgIpc) is 2.19. The first-order chi connectivity index (χ1) is 6.95. The van der Waals surface area contributed by atoms with Gasteiger partial charge in [-0.25, -0.2) is 0 Å². The Morgan fingerprint density at radius 2 is 1.73 bits per heavy atom. The Labute approximate surface area is 94.9 Å². The van der Waals surface area contributed by atoms with Crippen LogP contribution in [0.4, 0.5) is 0 Å². The molecule has 1 aromatic heterocycles. The highest BCUT2D eigenvalue weighted by molar-refractivity contribution is 5.32. The number of hydrogen-bond acceptors (Lipinski definition) is 1. The zero-order valence-corrected chi connectivity index (χ0v) is 11.3. The van der Waals surface area contributed by atoms with E-state index in [1.165, 1.54) is 11.1 Å². The van der Waals surface area contributed by atoms with Crippen LogP contribution >= 0.6 is 0 Å². The summed E-state index contributed by atoms with van der Waals surface area (Å²) >= 11 is 0. The second-order valence-electron chi connectivity index (χ2n) is 4.59. The summed E-state index contributed by atoms with van der Waals surface area (Å²) in [4.78, 5) is 4.32. The zero-order valence-electron chi connectivity index (χ0n) is 11.3. The molecule has 0 aromatic carbocycles. The molecular weight excluding hydrogens is 182 g/mol. The van der Waals surface area contributed by atoms with Crippen molar-refractivity contribution >= 4 is 0 Å². The predicted octanol–water partition coefficient (Wildman–Crippen LogP) is 4.28. The molecule has 1 nitrogen and oxygen atoms in total. The van der Waals surface area contributed by atoms with Crippen molar-refractivity contribution in [2.45, 2.75) is 60.3 Å².